The number of hydrogen-bond donors (Lipinski definition) is 0. The molecule has 0 saturated heterocycles. The van der Waals surface area contributed by atoms with Crippen LogP contribution in [0.25, 0.3) is 16.5 Å². The Kier molecular flexibility index (Phi) is 6.10. The van der Waals surface area contributed by atoms with Crippen molar-refractivity contribution in [2.75, 3.05) is 13.7 Å². The minimum absolute atomic E-state index is 0.0720. The third-order valence-corrected chi connectivity index (χ3v) is 6.28. The first-order chi connectivity index (χ1) is 17.7. The third kappa shape index (κ3) is 4.28. The molecule has 1 aliphatic heterocycles. The molecule has 0 fully saturated rings. The number of hydrogen-bond acceptors (Lipinski definition) is 5. The normalized spacial score (nSPS) is 13.2. The van der Waals surface area contributed by atoms with Crippen LogP contribution < -0.4 is 4.74 Å². The number of methoxy groups -OCH3 is 1. The minimum Gasteiger partial charge on any atom is -0.497 e. The van der Waals surface area contributed by atoms with E-state index in [0.717, 1.165) is 17.3 Å². The van der Waals surface area contributed by atoms with E-state index in [0.29, 0.717) is 33.3 Å². The van der Waals surface area contributed by atoms with Gasteiger partial charge in [0, 0.05) is 29.4 Å². The molecule has 0 unspecified atom stereocenters. The van der Waals surface area contributed by atoms with Crippen LogP contribution in [0.1, 0.15) is 44.5 Å². The largest absolute Gasteiger partial charge is 0.497 e. The van der Waals surface area contributed by atoms with Crippen LogP contribution in [0, 0.1) is 0 Å². The van der Waals surface area contributed by atoms with Crippen molar-refractivity contribution in [3.05, 3.63) is 88.7 Å². The first-order valence-corrected chi connectivity index (χ1v) is 11.5. The van der Waals surface area contributed by atoms with Gasteiger partial charge in [-0.05, 0) is 42.3 Å². The van der Waals surface area contributed by atoms with E-state index in [4.69, 9.17) is 9.47 Å². The lowest BCUT2D eigenvalue weighted by Gasteiger charge is -2.30. The Bertz CT molecular complexity index is 1510. The summed E-state index contributed by atoms with van der Waals surface area (Å²) in [6.07, 6.45) is -4.01. The maximum atomic E-state index is 14.1. The van der Waals surface area contributed by atoms with Crippen molar-refractivity contribution < 1.29 is 32.2 Å². The van der Waals surface area contributed by atoms with E-state index in [9.17, 15) is 22.8 Å². The molecule has 37 heavy (non-hydrogen) atoms. The first-order valence-electron chi connectivity index (χ1n) is 11.5. The number of halogens is 3. The molecule has 0 spiro atoms. The molecule has 10 heteroatoms. The Balaban J connectivity index is 1.58. The summed E-state index contributed by atoms with van der Waals surface area (Å²) in [7, 11) is 1.58. The molecule has 1 amide bonds. The molecular formula is C27H22F3N3O4. The number of alkyl halides is 3. The lowest BCUT2D eigenvalue weighted by Crippen LogP contribution is -2.33. The van der Waals surface area contributed by atoms with Gasteiger partial charge in [-0.3, -0.25) is 4.79 Å². The molecule has 190 valence electrons. The molecule has 0 bridgehead atoms. The standard InChI is InChI=1S/C27H22F3N3O4/c1-3-37-26(35)21-13-31-33(24(21)27(28,29)30)22-12-9-17-15-32(14-16-7-10-18(36-2)11-8-16)25(34)20-6-4-5-19(22)23(17)20/h4-13H,3,14-15H2,1-2H3. The fourth-order valence-corrected chi connectivity index (χ4v) is 4.65. The molecule has 0 atom stereocenters. The van der Waals surface area contributed by atoms with Gasteiger partial charge < -0.3 is 14.4 Å². The number of carbonyl (C=O) groups excluding carboxylic acids is 2. The molecule has 2 heterocycles. The average molecular weight is 509 g/mol. The summed E-state index contributed by atoms with van der Waals surface area (Å²) in [5, 5.41) is 4.90. The van der Waals surface area contributed by atoms with Gasteiger partial charge in [-0.1, -0.05) is 30.3 Å². The Morgan fingerprint density at radius 3 is 2.51 bits per heavy atom. The molecule has 4 aromatic rings. The van der Waals surface area contributed by atoms with Crippen LogP contribution in [-0.4, -0.2) is 40.3 Å². The maximum absolute atomic E-state index is 14.1. The lowest BCUT2D eigenvalue weighted by atomic mass is 9.93. The van der Waals surface area contributed by atoms with E-state index in [1.54, 1.807) is 36.3 Å². The smallest absolute Gasteiger partial charge is 0.434 e. The molecule has 3 aromatic carbocycles. The number of ether oxygens (including phenoxy) is 2. The van der Waals surface area contributed by atoms with E-state index in [1.165, 1.54) is 13.0 Å². The molecule has 0 aliphatic carbocycles. The van der Waals surface area contributed by atoms with E-state index < -0.39 is 23.4 Å². The van der Waals surface area contributed by atoms with Gasteiger partial charge in [0.05, 0.1) is 25.6 Å². The number of nitrogens with zero attached hydrogens (tertiary/aromatic N) is 3. The van der Waals surface area contributed by atoms with Crippen LogP contribution in [0.3, 0.4) is 0 Å². The number of benzene rings is 3. The molecular weight excluding hydrogens is 487 g/mol. The van der Waals surface area contributed by atoms with Gasteiger partial charge in [-0.25, -0.2) is 9.48 Å². The van der Waals surface area contributed by atoms with E-state index in [2.05, 4.69) is 5.10 Å². The molecule has 0 saturated carbocycles. The molecule has 1 aliphatic rings. The van der Waals surface area contributed by atoms with Crippen molar-refractivity contribution in [2.45, 2.75) is 26.2 Å². The summed E-state index contributed by atoms with van der Waals surface area (Å²) in [6, 6.07) is 15.6. The van der Waals surface area contributed by atoms with Crippen molar-refractivity contribution in [2.24, 2.45) is 0 Å². The third-order valence-electron chi connectivity index (χ3n) is 6.28. The highest BCUT2D eigenvalue weighted by atomic mass is 19.4. The molecule has 1 aromatic heterocycles. The zero-order valence-electron chi connectivity index (χ0n) is 20.0. The summed E-state index contributed by atoms with van der Waals surface area (Å²) in [6.45, 7) is 2.09. The number of esters is 1. The predicted octanol–water partition coefficient (Wildman–Crippen LogP) is 5.39. The summed E-state index contributed by atoms with van der Waals surface area (Å²) < 4.78 is 53.0. The first kappa shape index (κ1) is 24.4. The second-order valence-electron chi connectivity index (χ2n) is 8.52. The quantitative estimate of drug-likeness (QED) is 0.326. The highest BCUT2D eigenvalue weighted by Gasteiger charge is 2.41. The van der Waals surface area contributed by atoms with Crippen molar-refractivity contribution >= 4 is 22.6 Å². The van der Waals surface area contributed by atoms with E-state index in [1.807, 2.05) is 24.3 Å². The van der Waals surface area contributed by atoms with E-state index >= 15 is 0 Å². The Morgan fingerprint density at radius 2 is 1.84 bits per heavy atom. The topological polar surface area (TPSA) is 73.7 Å². The monoisotopic (exact) mass is 509 g/mol. The Hall–Kier alpha value is -4.34. The van der Waals surface area contributed by atoms with Crippen LogP contribution in [-0.2, 0) is 24.0 Å². The summed E-state index contributed by atoms with van der Waals surface area (Å²) in [5.41, 5.74) is 0.319. The second-order valence-corrected chi connectivity index (χ2v) is 8.52. The highest BCUT2D eigenvalue weighted by Crippen LogP contribution is 2.38. The van der Waals surface area contributed by atoms with Crippen molar-refractivity contribution in [1.82, 2.24) is 14.7 Å². The van der Waals surface area contributed by atoms with Crippen LogP contribution in [0.15, 0.2) is 60.8 Å². The fraction of sp³-hybridized carbons (Fsp3) is 0.222. The SMILES string of the molecule is CCOC(=O)c1cnn(-c2ccc3c4c(cccc24)C(=O)N(Cc2ccc(OC)cc2)C3)c1C(F)(F)F. The molecule has 5 rings (SSSR count). The number of rotatable bonds is 6. The van der Waals surface area contributed by atoms with Crippen LogP contribution in [0.2, 0.25) is 0 Å². The van der Waals surface area contributed by atoms with Gasteiger partial charge in [0.2, 0.25) is 0 Å². The van der Waals surface area contributed by atoms with Gasteiger partial charge in [0.1, 0.15) is 11.3 Å². The number of amides is 1. The number of aromatic nitrogens is 2. The van der Waals surface area contributed by atoms with Crippen LogP contribution in [0.4, 0.5) is 13.2 Å². The van der Waals surface area contributed by atoms with Crippen LogP contribution >= 0.6 is 0 Å². The Morgan fingerprint density at radius 1 is 1.08 bits per heavy atom. The summed E-state index contributed by atoms with van der Waals surface area (Å²) in [5.74, 6) is -0.623. The highest BCUT2D eigenvalue weighted by molar-refractivity contribution is 6.11. The zero-order valence-corrected chi connectivity index (χ0v) is 20.0. The van der Waals surface area contributed by atoms with Crippen molar-refractivity contribution in [3.8, 4) is 11.4 Å². The lowest BCUT2D eigenvalue weighted by molar-refractivity contribution is -0.143. The number of carbonyl (C=O) groups is 2. The van der Waals surface area contributed by atoms with Gasteiger partial charge in [-0.2, -0.15) is 18.3 Å². The predicted molar refractivity (Wildman–Crippen MR) is 129 cm³/mol. The van der Waals surface area contributed by atoms with Crippen LogP contribution in [0.5, 0.6) is 5.75 Å². The molecule has 7 nitrogen and oxygen atoms in total. The van der Waals surface area contributed by atoms with E-state index in [-0.39, 0.29) is 24.7 Å². The zero-order chi connectivity index (χ0) is 26.3. The molecule has 0 N–H and O–H groups in total. The minimum atomic E-state index is -4.87. The van der Waals surface area contributed by atoms with Gasteiger partial charge in [0.15, 0.2) is 5.69 Å². The summed E-state index contributed by atoms with van der Waals surface area (Å²) in [4.78, 5) is 27.3. The van der Waals surface area contributed by atoms with Gasteiger partial charge in [0.25, 0.3) is 5.91 Å². The average Bonchev–Trinajstić information content (AvgIpc) is 3.34. The molecule has 0 radical (unpaired) electrons. The maximum Gasteiger partial charge on any atom is 0.434 e. The van der Waals surface area contributed by atoms with Gasteiger partial charge in [-0.15, -0.1) is 0 Å². The fourth-order valence-electron chi connectivity index (χ4n) is 4.65. The second kappa shape index (κ2) is 9.27. The van der Waals surface area contributed by atoms with Gasteiger partial charge >= 0.3 is 12.1 Å². The van der Waals surface area contributed by atoms with Crippen molar-refractivity contribution in [1.29, 1.82) is 0 Å². The summed E-state index contributed by atoms with van der Waals surface area (Å²) >= 11 is 0. The Labute approximate surface area is 210 Å². The van der Waals surface area contributed by atoms with Crippen molar-refractivity contribution in [3.63, 3.8) is 0 Å².